The topological polar surface area (TPSA) is 72.2 Å². The van der Waals surface area contributed by atoms with Crippen LogP contribution in [0.4, 0.5) is 0 Å². The molecular formula is C19H26Cl4N2O2. The number of hydrogen-bond acceptors (Lipinski definition) is 4. The van der Waals surface area contributed by atoms with Crippen LogP contribution in [0.3, 0.4) is 0 Å². The van der Waals surface area contributed by atoms with Crippen LogP contribution < -0.4 is 11.3 Å². The van der Waals surface area contributed by atoms with E-state index >= 15 is 0 Å². The van der Waals surface area contributed by atoms with Gasteiger partial charge in [0.2, 0.25) is 0 Å². The minimum Gasteiger partial charge on any atom is -0.276 e. The molecule has 0 spiro atoms. The summed E-state index contributed by atoms with van der Waals surface area (Å²) < 4.78 is 0. The average Bonchev–Trinajstić information content (AvgIpc) is 2.56. The van der Waals surface area contributed by atoms with E-state index in [0.29, 0.717) is 11.1 Å². The minimum atomic E-state index is -0.407. The number of carbonyl (C=O) groups is 2. The molecule has 2 rings (SSSR count). The van der Waals surface area contributed by atoms with Crippen LogP contribution in [0.1, 0.15) is 47.1 Å². The number of hydrazine groups is 1. The van der Waals surface area contributed by atoms with Gasteiger partial charge < -0.3 is 0 Å². The van der Waals surface area contributed by atoms with Gasteiger partial charge in [-0.25, -0.2) is 0 Å². The summed E-state index contributed by atoms with van der Waals surface area (Å²) >= 11 is 10.4. The molecule has 0 aliphatic heterocycles. The summed E-state index contributed by atoms with van der Waals surface area (Å²) in [6.07, 6.45) is 0. The highest BCUT2D eigenvalue weighted by molar-refractivity contribution is 6.68. The van der Waals surface area contributed by atoms with Crippen molar-refractivity contribution < 1.29 is 9.59 Å². The predicted molar refractivity (Wildman–Crippen MR) is 120 cm³/mol. The molecule has 0 saturated heterocycles. The highest BCUT2D eigenvalue weighted by Crippen LogP contribution is 2.05. The molecule has 0 amide bonds. The van der Waals surface area contributed by atoms with E-state index in [4.69, 9.17) is 29.0 Å². The van der Waals surface area contributed by atoms with Gasteiger partial charge in [0.25, 0.3) is 10.5 Å². The van der Waals surface area contributed by atoms with Gasteiger partial charge in [-0.1, -0.05) is 48.0 Å². The Morgan fingerprint density at radius 3 is 1.41 bits per heavy atom. The molecule has 0 saturated carbocycles. The standard InChI is InChI=1S/C8H7ClO.C7H5ClO.C4H12N2.2ClH/c1-6-2-4-7(5-3-6)8(9)10;8-7(9)6-4-2-1-3-5-6;1-4(2,3)6-5;;/h2-5H,1H3;1-5H;6H,5H2,1-3H3;2*1H. The first-order valence-electron chi connectivity index (χ1n) is 7.56. The third kappa shape index (κ3) is 16.7. The fraction of sp³-hybridized carbons (Fsp3) is 0.263. The van der Waals surface area contributed by atoms with Gasteiger partial charge in [-0.2, -0.15) is 0 Å². The maximum Gasteiger partial charge on any atom is 0.252 e. The lowest BCUT2D eigenvalue weighted by Gasteiger charge is -2.14. The van der Waals surface area contributed by atoms with Gasteiger partial charge in [0.15, 0.2) is 0 Å². The molecule has 0 aliphatic carbocycles. The Kier molecular flexibility index (Phi) is 18.0. The molecule has 152 valence electrons. The number of halogens is 4. The number of rotatable bonds is 2. The first kappa shape index (κ1) is 30.6. The molecule has 0 atom stereocenters. The van der Waals surface area contributed by atoms with Gasteiger partial charge in [-0.3, -0.25) is 20.9 Å². The van der Waals surface area contributed by atoms with E-state index in [1.165, 1.54) is 0 Å². The van der Waals surface area contributed by atoms with Gasteiger partial charge in [-0.15, -0.1) is 24.8 Å². The van der Waals surface area contributed by atoms with Gasteiger partial charge in [0.1, 0.15) is 0 Å². The smallest absolute Gasteiger partial charge is 0.252 e. The Hall–Kier alpha value is -1.14. The van der Waals surface area contributed by atoms with Crippen LogP contribution in [0.25, 0.3) is 0 Å². The van der Waals surface area contributed by atoms with E-state index < -0.39 is 10.5 Å². The van der Waals surface area contributed by atoms with Crippen molar-refractivity contribution in [1.82, 2.24) is 5.43 Å². The van der Waals surface area contributed by atoms with Crippen molar-refractivity contribution >= 4 is 58.5 Å². The van der Waals surface area contributed by atoms with Crippen molar-refractivity contribution in [2.75, 3.05) is 0 Å². The molecule has 0 radical (unpaired) electrons. The Morgan fingerprint density at radius 2 is 1.15 bits per heavy atom. The molecule has 4 nitrogen and oxygen atoms in total. The van der Waals surface area contributed by atoms with Crippen LogP contribution >= 0.6 is 48.0 Å². The van der Waals surface area contributed by atoms with Crippen molar-refractivity contribution in [3.05, 3.63) is 71.3 Å². The zero-order valence-corrected chi connectivity index (χ0v) is 18.8. The van der Waals surface area contributed by atoms with Gasteiger partial charge in [0.05, 0.1) is 0 Å². The lowest BCUT2D eigenvalue weighted by Crippen LogP contribution is -2.41. The molecule has 0 bridgehead atoms. The van der Waals surface area contributed by atoms with E-state index in [2.05, 4.69) is 5.43 Å². The Bertz CT molecular complexity index is 658. The molecule has 2 aromatic carbocycles. The second-order valence-electron chi connectivity index (χ2n) is 6.17. The van der Waals surface area contributed by atoms with Gasteiger partial charge in [0, 0.05) is 16.7 Å². The summed E-state index contributed by atoms with van der Waals surface area (Å²) in [6, 6.07) is 15.9. The Balaban J connectivity index is -0.000000318. The molecule has 0 aliphatic rings. The highest BCUT2D eigenvalue weighted by Gasteiger charge is 2.02. The van der Waals surface area contributed by atoms with Crippen LogP contribution in [-0.4, -0.2) is 16.0 Å². The van der Waals surface area contributed by atoms with E-state index in [1.54, 1.807) is 36.4 Å². The number of carbonyl (C=O) groups excluding carboxylic acids is 2. The maximum atomic E-state index is 10.5. The van der Waals surface area contributed by atoms with Crippen molar-refractivity contribution in [2.45, 2.75) is 33.2 Å². The van der Waals surface area contributed by atoms with Crippen molar-refractivity contribution in [3.63, 3.8) is 0 Å². The second kappa shape index (κ2) is 15.9. The molecule has 27 heavy (non-hydrogen) atoms. The second-order valence-corrected chi connectivity index (χ2v) is 6.86. The average molecular weight is 456 g/mol. The summed E-state index contributed by atoms with van der Waals surface area (Å²) in [7, 11) is 0. The largest absolute Gasteiger partial charge is 0.276 e. The number of benzene rings is 2. The Morgan fingerprint density at radius 1 is 0.815 bits per heavy atom. The van der Waals surface area contributed by atoms with Crippen LogP contribution in [0.5, 0.6) is 0 Å². The van der Waals surface area contributed by atoms with Gasteiger partial charge in [-0.05, 0) is 63.0 Å². The van der Waals surface area contributed by atoms with E-state index in [0.717, 1.165) is 5.56 Å². The number of nitrogens with two attached hydrogens (primary N) is 1. The van der Waals surface area contributed by atoms with Crippen LogP contribution in [0.15, 0.2) is 54.6 Å². The molecule has 8 heteroatoms. The highest BCUT2D eigenvalue weighted by atomic mass is 35.5. The molecule has 0 unspecified atom stereocenters. The number of aryl methyl sites for hydroxylation is 1. The summed E-state index contributed by atoms with van der Waals surface area (Å²) in [5.74, 6) is 5.06. The summed E-state index contributed by atoms with van der Waals surface area (Å²) in [5, 5.41) is -0.810. The molecular weight excluding hydrogens is 430 g/mol. The summed E-state index contributed by atoms with van der Waals surface area (Å²) in [5.41, 5.74) is 4.89. The lowest BCUT2D eigenvalue weighted by atomic mass is 10.1. The minimum absolute atomic E-state index is 0. The fourth-order valence-electron chi connectivity index (χ4n) is 1.25. The third-order valence-electron chi connectivity index (χ3n) is 2.71. The maximum absolute atomic E-state index is 10.5. The first-order valence-corrected chi connectivity index (χ1v) is 8.31. The van der Waals surface area contributed by atoms with E-state index in [-0.39, 0.29) is 30.4 Å². The summed E-state index contributed by atoms with van der Waals surface area (Å²) in [4.78, 5) is 20.9. The van der Waals surface area contributed by atoms with Crippen LogP contribution in [0.2, 0.25) is 0 Å². The molecule has 2 aromatic rings. The van der Waals surface area contributed by atoms with Crippen molar-refractivity contribution in [2.24, 2.45) is 5.84 Å². The number of hydrogen-bond donors (Lipinski definition) is 2. The van der Waals surface area contributed by atoms with E-state index in [1.807, 2.05) is 45.9 Å². The molecule has 0 aromatic heterocycles. The monoisotopic (exact) mass is 454 g/mol. The zero-order chi connectivity index (χ0) is 19.5. The SMILES string of the molecule is CC(C)(C)NN.Cc1ccc(C(=O)Cl)cc1.Cl.Cl.O=C(Cl)c1ccccc1. The van der Waals surface area contributed by atoms with Crippen LogP contribution in [-0.2, 0) is 0 Å². The van der Waals surface area contributed by atoms with Crippen molar-refractivity contribution in [3.8, 4) is 0 Å². The zero-order valence-electron chi connectivity index (χ0n) is 15.7. The quantitative estimate of drug-likeness (QED) is 0.354. The third-order valence-corrected chi connectivity index (χ3v) is 3.15. The normalized spacial score (nSPS) is 9.15. The Labute approximate surface area is 183 Å². The first-order chi connectivity index (χ1) is 11.6. The van der Waals surface area contributed by atoms with Crippen LogP contribution in [0, 0.1) is 6.92 Å². The molecule has 3 N–H and O–H groups in total. The molecule has 0 fully saturated rings. The fourth-order valence-corrected chi connectivity index (χ4v) is 1.51. The van der Waals surface area contributed by atoms with E-state index in [9.17, 15) is 9.59 Å². The number of nitrogens with one attached hydrogen (secondary N) is 1. The lowest BCUT2D eigenvalue weighted by molar-refractivity contribution is 0.107. The van der Waals surface area contributed by atoms with Gasteiger partial charge >= 0.3 is 0 Å². The molecule has 0 heterocycles. The van der Waals surface area contributed by atoms with Crippen molar-refractivity contribution in [1.29, 1.82) is 0 Å². The predicted octanol–water partition coefficient (Wildman–Crippen LogP) is 5.53. The summed E-state index contributed by atoms with van der Waals surface area (Å²) in [6.45, 7) is 7.98.